The van der Waals surface area contributed by atoms with Crippen molar-refractivity contribution in [3.05, 3.63) is 53.2 Å². The Bertz CT molecular complexity index is 1490. The SMILES string of the molecule is CS(=O)(=O)c1ccc(NCC#Cc2cc3c(NC4CCN(CCO)CC4)cccc3n2CC(F)(F)F)cc1Cl. The van der Waals surface area contributed by atoms with Gasteiger partial charge < -0.3 is 25.2 Å². The number of hydrogen-bond acceptors (Lipinski definition) is 6. The molecule has 0 saturated carbocycles. The third-order valence-corrected chi connectivity index (χ3v) is 8.16. The zero-order chi connectivity index (χ0) is 28.2. The molecule has 0 unspecified atom stereocenters. The van der Waals surface area contributed by atoms with Crippen LogP contribution in [0.1, 0.15) is 18.5 Å². The fourth-order valence-electron chi connectivity index (χ4n) is 4.72. The molecular weight excluding hydrogens is 553 g/mol. The summed E-state index contributed by atoms with van der Waals surface area (Å²) in [7, 11) is -3.46. The second-order valence-corrected chi connectivity index (χ2v) is 11.9. The van der Waals surface area contributed by atoms with Gasteiger partial charge in [-0.2, -0.15) is 13.2 Å². The highest BCUT2D eigenvalue weighted by Gasteiger charge is 2.30. The Hall–Kier alpha value is -2.91. The molecular formula is C27H30ClF3N4O3S. The smallest absolute Gasteiger partial charge is 0.395 e. The number of rotatable bonds is 8. The summed E-state index contributed by atoms with van der Waals surface area (Å²) in [6.45, 7) is 1.38. The Morgan fingerprint density at radius 1 is 1.15 bits per heavy atom. The van der Waals surface area contributed by atoms with Crippen molar-refractivity contribution in [1.82, 2.24) is 9.47 Å². The van der Waals surface area contributed by atoms with Crippen molar-refractivity contribution in [3.8, 4) is 11.8 Å². The molecule has 0 bridgehead atoms. The summed E-state index contributed by atoms with van der Waals surface area (Å²) in [5, 5.41) is 16.4. The molecule has 3 N–H and O–H groups in total. The number of alkyl halides is 3. The minimum Gasteiger partial charge on any atom is -0.395 e. The Balaban J connectivity index is 1.54. The lowest BCUT2D eigenvalue weighted by Crippen LogP contribution is -2.40. The molecule has 1 saturated heterocycles. The van der Waals surface area contributed by atoms with Crippen LogP contribution in [0.2, 0.25) is 5.02 Å². The maximum atomic E-state index is 13.5. The van der Waals surface area contributed by atoms with Crippen molar-refractivity contribution in [2.45, 2.75) is 36.5 Å². The van der Waals surface area contributed by atoms with Crippen LogP contribution in [-0.2, 0) is 16.4 Å². The lowest BCUT2D eigenvalue weighted by Gasteiger charge is -2.32. The molecule has 0 aliphatic carbocycles. The van der Waals surface area contributed by atoms with E-state index in [0.717, 1.165) is 37.9 Å². The minimum absolute atomic E-state index is 0.0117. The number of piperidine rings is 1. The van der Waals surface area contributed by atoms with E-state index >= 15 is 0 Å². The number of benzene rings is 2. The van der Waals surface area contributed by atoms with E-state index in [2.05, 4.69) is 27.4 Å². The average Bonchev–Trinajstić information content (AvgIpc) is 3.19. The number of halogens is 4. The highest BCUT2D eigenvalue weighted by molar-refractivity contribution is 7.90. The molecule has 4 rings (SSSR count). The molecule has 210 valence electrons. The normalized spacial score (nSPS) is 15.2. The highest BCUT2D eigenvalue weighted by atomic mass is 35.5. The van der Waals surface area contributed by atoms with Crippen LogP contribution in [-0.4, -0.2) is 74.3 Å². The first kappa shape index (κ1) is 29.1. The number of anilines is 2. The Kier molecular flexibility index (Phi) is 9.01. The van der Waals surface area contributed by atoms with E-state index < -0.39 is 22.6 Å². The molecule has 3 aromatic rings. The van der Waals surface area contributed by atoms with Gasteiger partial charge in [0, 0.05) is 48.7 Å². The number of aliphatic hydroxyl groups excluding tert-OH is 1. The maximum Gasteiger partial charge on any atom is 0.406 e. The molecule has 1 aliphatic rings. The second kappa shape index (κ2) is 12.1. The molecule has 2 aromatic carbocycles. The van der Waals surface area contributed by atoms with Gasteiger partial charge in [-0.1, -0.05) is 23.6 Å². The first-order valence-electron chi connectivity index (χ1n) is 12.5. The van der Waals surface area contributed by atoms with Crippen LogP contribution in [0, 0.1) is 11.8 Å². The number of aromatic nitrogens is 1. The minimum atomic E-state index is -4.43. The van der Waals surface area contributed by atoms with Crippen molar-refractivity contribution in [1.29, 1.82) is 0 Å². The Labute approximate surface area is 230 Å². The van der Waals surface area contributed by atoms with Crippen LogP contribution in [0.5, 0.6) is 0 Å². The number of likely N-dealkylation sites (tertiary alicyclic amines) is 1. The van der Waals surface area contributed by atoms with Gasteiger partial charge in [-0.25, -0.2) is 8.42 Å². The average molecular weight is 583 g/mol. The van der Waals surface area contributed by atoms with Gasteiger partial charge in [0.05, 0.1) is 34.3 Å². The molecule has 0 atom stereocenters. The van der Waals surface area contributed by atoms with Crippen LogP contribution >= 0.6 is 11.6 Å². The van der Waals surface area contributed by atoms with Gasteiger partial charge in [0.1, 0.15) is 6.54 Å². The number of hydrogen-bond donors (Lipinski definition) is 3. The predicted octanol–water partition coefficient (Wildman–Crippen LogP) is 4.59. The fourth-order valence-corrected chi connectivity index (χ4v) is 6.05. The molecule has 0 amide bonds. The topological polar surface area (TPSA) is 86.6 Å². The van der Waals surface area contributed by atoms with Gasteiger partial charge >= 0.3 is 6.18 Å². The number of aliphatic hydroxyl groups is 1. The van der Waals surface area contributed by atoms with Crippen molar-refractivity contribution in [2.75, 3.05) is 49.7 Å². The third kappa shape index (κ3) is 7.60. The number of nitrogens with one attached hydrogen (secondary N) is 2. The molecule has 0 radical (unpaired) electrons. The monoisotopic (exact) mass is 582 g/mol. The summed E-state index contributed by atoms with van der Waals surface area (Å²) in [6.07, 6.45) is -1.63. The second-order valence-electron chi connectivity index (χ2n) is 9.53. The lowest BCUT2D eigenvalue weighted by atomic mass is 10.0. The van der Waals surface area contributed by atoms with Gasteiger partial charge in [-0.15, -0.1) is 0 Å². The summed E-state index contributed by atoms with van der Waals surface area (Å²) in [5.74, 6) is 5.72. The van der Waals surface area contributed by atoms with E-state index in [4.69, 9.17) is 16.7 Å². The summed E-state index contributed by atoms with van der Waals surface area (Å²) in [6, 6.07) is 11.5. The summed E-state index contributed by atoms with van der Waals surface area (Å²) >= 11 is 6.07. The van der Waals surface area contributed by atoms with Gasteiger partial charge in [0.15, 0.2) is 9.84 Å². The summed E-state index contributed by atoms with van der Waals surface area (Å²) < 4.78 is 65.1. The predicted molar refractivity (Wildman–Crippen MR) is 148 cm³/mol. The van der Waals surface area contributed by atoms with Crippen molar-refractivity contribution >= 4 is 43.7 Å². The maximum absolute atomic E-state index is 13.5. The zero-order valence-electron chi connectivity index (χ0n) is 21.4. The zero-order valence-corrected chi connectivity index (χ0v) is 22.9. The van der Waals surface area contributed by atoms with E-state index in [0.29, 0.717) is 23.1 Å². The number of sulfone groups is 1. The van der Waals surface area contributed by atoms with Crippen molar-refractivity contribution in [2.24, 2.45) is 0 Å². The first-order chi connectivity index (χ1) is 18.4. The van der Waals surface area contributed by atoms with Gasteiger partial charge in [-0.05, 0) is 55.2 Å². The van der Waals surface area contributed by atoms with Crippen LogP contribution in [0.25, 0.3) is 10.9 Å². The van der Waals surface area contributed by atoms with Crippen LogP contribution in [0.15, 0.2) is 47.4 Å². The third-order valence-electron chi connectivity index (χ3n) is 6.58. The molecule has 2 heterocycles. The van der Waals surface area contributed by atoms with E-state index in [1.807, 2.05) is 6.07 Å². The van der Waals surface area contributed by atoms with Gasteiger partial charge in [0.2, 0.25) is 0 Å². The van der Waals surface area contributed by atoms with E-state index in [1.165, 1.54) is 16.7 Å². The standard InChI is InChI=1S/C27H30ClF3N4O3S/c1-39(37,38)26-8-7-20(16-23(26)28)32-11-3-4-21-17-22-24(33-19-9-12-34(13-10-19)14-15-36)5-2-6-25(22)35(21)18-27(29,30)31/h2,5-8,16-17,19,32-33,36H,9-15,18H2,1H3. The van der Waals surface area contributed by atoms with Crippen LogP contribution in [0.4, 0.5) is 24.5 Å². The van der Waals surface area contributed by atoms with Crippen molar-refractivity contribution in [3.63, 3.8) is 0 Å². The number of β-amino-alcohol motifs (C(OH)–C–C–N with tert-alkyl or cyclic N) is 1. The summed E-state index contributed by atoms with van der Waals surface area (Å²) in [5.41, 5.74) is 1.97. The van der Waals surface area contributed by atoms with E-state index in [-0.39, 0.29) is 34.8 Å². The molecule has 0 spiro atoms. The van der Waals surface area contributed by atoms with Gasteiger partial charge in [-0.3, -0.25) is 0 Å². The van der Waals surface area contributed by atoms with E-state index in [1.54, 1.807) is 24.3 Å². The quantitative estimate of drug-likeness (QED) is 0.337. The van der Waals surface area contributed by atoms with E-state index in [9.17, 15) is 21.6 Å². The van der Waals surface area contributed by atoms with Gasteiger partial charge in [0.25, 0.3) is 0 Å². The summed E-state index contributed by atoms with van der Waals surface area (Å²) in [4.78, 5) is 2.20. The lowest BCUT2D eigenvalue weighted by molar-refractivity contribution is -0.140. The van der Waals surface area contributed by atoms with Crippen LogP contribution in [0.3, 0.4) is 0 Å². The Morgan fingerprint density at radius 2 is 1.90 bits per heavy atom. The molecule has 39 heavy (non-hydrogen) atoms. The molecule has 12 heteroatoms. The molecule has 1 aliphatic heterocycles. The molecule has 1 aromatic heterocycles. The number of fused-ring (bicyclic) bond motifs is 1. The number of nitrogens with zero attached hydrogens (tertiary/aromatic N) is 2. The largest absolute Gasteiger partial charge is 0.406 e. The molecule has 1 fully saturated rings. The van der Waals surface area contributed by atoms with Crippen LogP contribution < -0.4 is 10.6 Å². The van der Waals surface area contributed by atoms with Crippen molar-refractivity contribution < 1.29 is 26.7 Å². The highest BCUT2D eigenvalue weighted by Crippen LogP contribution is 2.31. The molecule has 7 nitrogen and oxygen atoms in total. The first-order valence-corrected chi connectivity index (χ1v) is 14.7. The fraction of sp³-hybridized carbons (Fsp3) is 0.407. The Morgan fingerprint density at radius 3 is 2.54 bits per heavy atom.